The first-order valence-corrected chi connectivity index (χ1v) is 22.1. The van der Waals surface area contributed by atoms with E-state index in [2.05, 4.69) is 79.9 Å². The van der Waals surface area contributed by atoms with Crippen LogP contribution in [0.25, 0.3) is 0 Å². The Morgan fingerprint density at radius 1 is 0.654 bits per heavy atom. The SMILES string of the molecule is CC/C=C\C/C=C\C/C=C\C/C=C\CCCCC(=O)NC(COP(=O)(O)OCCN)C(O)/C=C/CC/C=C/CCCCCCCCCCCCCC. The van der Waals surface area contributed by atoms with Crippen LogP contribution in [0.3, 0.4) is 0 Å². The summed E-state index contributed by atoms with van der Waals surface area (Å²) in [5.74, 6) is -0.248. The van der Waals surface area contributed by atoms with Crippen LogP contribution in [-0.2, 0) is 18.4 Å². The minimum atomic E-state index is -4.36. The highest BCUT2D eigenvalue weighted by molar-refractivity contribution is 7.47. The number of allylic oxidation sites excluding steroid dienone is 11. The van der Waals surface area contributed by atoms with Crippen LogP contribution in [-0.4, -0.2) is 47.8 Å². The van der Waals surface area contributed by atoms with Crippen molar-refractivity contribution >= 4 is 13.7 Å². The summed E-state index contributed by atoms with van der Waals surface area (Å²) in [6.07, 6.45) is 49.6. The molecule has 5 N–H and O–H groups in total. The molecule has 52 heavy (non-hydrogen) atoms. The number of amides is 1. The Kier molecular flexibility index (Phi) is 37.1. The molecule has 0 aliphatic heterocycles. The molecule has 3 atom stereocenters. The van der Waals surface area contributed by atoms with Gasteiger partial charge in [0.25, 0.3) is 0 Å². The number of rotatable bonds is 37. The molecule has 0 radical (unpaired) electrons. The van der Waals surface area contributed by atoms with E-state index in [1.807, 2.05) is 6.08 Å². The van der Waals surface area contributed by atoms with Crippen LogP contribution in [0, 0.1) is 0 Å². The summed E-state index contributed by atoms with van der Waals surface area (Å²) in [7, 11) is -4.36. The number of unbranched alkanes of at least 4 members (excludes halogenated alkanes) is 15. The van der Waals surface area contributed by atoms with Crippen molar-refractivity contribution in [3.8, 4) is 0 Å². The van der Waals surface area contributed by atoms with Crippen molar-refractivity contribution in [1.29, 1.82) is 0 Å². The van der Waals surface area contributed by atoms with Crippen molar-refractivity contribution in [2.75, 3.05) is 19.8 Å². The van der Waals surface area contributed by atoms with Gasteiger partial charge in [-0.3, -0.25) is 13.8 Å². The van der Waals surface area contributed by atoms with E-state index in [1.54, 1.807) is 6.08 Å². The number of hydrogen-bond donors (Lipinski definition) is 4. The lowest BCUT2D eigenvalue weighted by Gasteiger charge is -2.23. The van der Waals surface area contributed by atoms with Gasteiger partial charge in [0.15, 0.2) is 0 Å². The first kappa shape index (κ1) is 49.9. The number of aliphatic hydroxyl groups excluding tert-OH is 1. The molecular formula is C43H77N2O6P. The molecular weight excluding hydrogens is 671 g/mol. The summed E-state index contributed by atoms with van der Waals surface area (Å²) in [6.45, 7) is 3.95. The second-order valence-corrected chi connectivity index (χ2v) is 14.9. The summed E-state index contributed by atoms with van der Waals surface area (Å²) in [5, 5.41) is 13.6. The van der Waals surface area contributed by atoms with E-state index in [0.29, 0.717) is 6.42 Å². The van der Waals surface area contributed by atoms with Crippen LogP contribution >= 0.6 is 7.82 Å². The molecule has 8 nitrogen and oxygen atoms in total. The highest BCUT2D eigenvalue weighted by Gasteiger charge is 2.26. The van der Waals surface area contributed by atoms with E-state index in [-0.39, 0.29) is 32.1 Å². The zero-order chi connectivity index (χ0) is 38.2. The molecule has 0 heterocycles. The van der Waals surface area contributed by atoms with E-state index in [1.165, 1.54) is 77.0 Å². The molecule has 0 spiro atoms. The molecule has 1 amide bonds. The van der Waals surface area contributed by atoms with Gasteiger partial charge in [-0.2, -0.15) is 0 Å². The first-order chi connectivity index (χ1) is 25.4. The lowest BCUT2D eigenvalue weighted by Crippen LogP contribution is -2.45. The monoisotopic (exact) mass is 749 g/mol. The fraction of sp³-hybridized carbons (Fsp3) is 0.698. The number of phosphoric ester groups is 1. The molecule has 0 aliphatic rings. The number of nitrogens with two attached hydrogens (primary N) is 1. The summed E-state index contributed by atoms with van der Waals surface area (Å²) in [5.41, 5.74) is 5.36. The van der Waals surface area contributed by atoms with Gasteiger partial charge < -0.3 is 21.1 Å². The van der Waals surface area contributed by atoms with Crippen LogP contribution in [0.15, 0.2) is 72.9 Å². The average Bonchev–Trinajstić information content (AvgIpc) is 3.13. The van der Waals surface area contributed by atoms with Gasteiger partial charge in [0.2, 0.25) is 5.91 Å². The lowest BCUT2D eigenvalue weighted by atomic mass is 10.0. The molecule has 0 rings (SSSR count). The van der Waals surface area contributed by atoms with Gasteiger partial charge in [-0.05, 0) is 70.6 Å². The predicted octanol–water partition coefficient (Wildman–Crippen LogP) is 11.3. The van der Waals surface area contributed by atoms with E-state index < -0.39 is 20.0 Å². The highest BCUT2D eigenvalue weighted by Crippen LogP contribution is 2.43. The van der Waals surface area contributed by atoms with Gasteiger partial charge in [0.1, 0.15) is 0 Å². The van der Waals surface area contributed by atoms with Crippen LogP contribution in [0.5, 0.6) is 0 Å². The minimum absolute atomic E-state index is 0.0636. The maximum atomic E-state index is 12.7. The highest BCUT2D eigenvalue weighted by atomic mass is 31.2. The second kappa shape index (κ2) is 38.7. The smallest absolute Gasteiger partial charge is 0.387 e. The Labute approximate surface area is 318 Å². The number of aliphatic hydroxyl groups is 1. The van der Waals surface area contributed by atoms with E-state index in [0.717, 1.165) is 57.8 Å². The Balaban J connectivity index is 4.40. The third-order valence-electron chi connectivity index (χ3n) is 8.52. The molecule has 9 heteroatoms. The Morgan fingerprint density at radius 3 is 1.71 bits per heavy atom. The third kappa shape index (κ3) is 36.3. The standard InChI is InChI=1S/C43H77N2O6P/c1-3-5-7-9-11-13-15-17-19-20-21-23-24-26-28-30-32-34-36-42(46)41(40-51-52(48,49)50-39-38-44)45-43(47)37-35-33-31-29-27-25-22-18-16-14-12-10-8-6-4-2/h6,8,12,14,18,22,26-29,34,36,41-42,46H,3-5,7,9-11,13,15-17,19-21,23-25,30-33,35,37-40,44H2,1-2H3,(H,45,47)(H,48,49)/b8-6-,14-12-,22-18-,28-26+,29-27-,36-34+. The summed E-state index contributed by atoms with van der Waals surface area (Å²) < 4.78 is 22.1. The summed E-state index contributed by atoms with van der Waals surface area (Å²) in [4.78, 5) is 22.6. The molecule has 0 aromatic heterocycles. The predicted molar refractivity (Wildman–Crippen MR) is 221 cm³/mol. The Morgan fingerprint density at radius 2 is 1.13 bits per heavy atom. The molecule has 0 aromatic carbocycles. The Hall–Kier alpha value is -2.06. The van der Waals surface area contributed by atoms with Crippen molar-refractivity contribution < 1.29 is 28.4 Å². The number of phosphoric acid groups is 1. The largest absolute Gasteiger partial charge is 0.472 e. The van der Waals surface area contributed by atoms with Gasteiger partial charge in [0, 0.05) is 13.0 Å². The fourth-order valence-electron chi connectivity index (χ4n) is 5.43. The quantitative estimate of drug-likeness (QED) is 0.0282. The maximum absolute atomic E-state index is 12.7. The third-order valence-corrected chi connectivity index (χ3v) is 9.50. The van der Waals surface area contributed by atoms with E-state index in [4.69, 9.17) is 14.8 Å². The van der Waals surface area contributed by atoms with Gasteiger partial charge in [0.05, 0.1) is 25.4 Å². The molecule has 0 fully saturated rings. The first-order valence-electron chi connectivity index (χ1n) is 20.6. The van der Waals surface area contributed by atoms with Crippen molar-refractivity contribution in [3.05, 3.63) is 72.9 Å². The molecule has 0 aliphatic carbocycles. The minimum Gasteiger partial charge on any atom is -0.387 e. The number of carbonyl (C=O) groups is 1. The van der Waals surface area contributed by atoms with Crippen LogP contribution in [0.1, 0.15) is 162 Å². The zero-order valence-corrected chi connectivity index (χ0v) is 33.9. The van der Waals surface area contributed by atoms with E-state index in [9.17, 15) is 19.4 Å². The number of nitrogens with one attached hydrogen (secondary N) is 1. The van der Waals surface area contributed by atoms with Gasteiger partial charge in [-0.25, -0.2) is 4.57 Å². The summed E-state index contributed by atoms with van der Waals surface area (Å²) in [6, 6.07) is -0.902. The molecule has 0 aromatic rings. The van der Waals surface area contributed by atoms with E-state index >= 15 is 0 Å². The van der Waals surface area contributed by atoms with Crippen molar-refractivity contribution in [2.45, 2.75) is 174 Å². The van der Waals surface area contributed by atoms with Gasteiger partial charge >= 0.3 is 7.82 Å². The van der Waals surface area contributed by atoms with Crippen molar-refractivity contribution in [3.63, 3.8) is 0 Å². The van der Waals surface area contributed by atoms with Crippen LogP contribution < -0.4 is 11.1 Å². The van der Waals surface area contributed by atoms with Gasteiger partial charge in [-0.1, -0.05) is 157 Å². The molecule has 0 saturated carbocycles. The zero-order valence-electron chi connectivity index (χ0n) is 33.0. The molecule has 300 valence electrons. The molecule has 3 unspecified atom stereocenters. The van der Waals surface area contributed by atoms with Crippen LogP contribution in [0.2, 0.25) is 0 Å². The second-order valence-electron chi connectivity index (χ2n) is 13.5. The van der Waals surface area contributed by atoms with Crippen molar-refractivity contribution in [1.82, 2.24) is 5.32 Å². The number of carbonyl (C=O) groups excluding carboxylic acids is 1. The fourth-order valence-corrected chi connectivity index (χ4v) is 6.19. The molecule has 0 saturated heterocycles. The maximum Gasteiger partial charge on any atom is 0.472 e. The number of hydrogen-bond acceptors (Lipinski definition) is 6. The normalized spacial score (nSPS) is 14.9. The van der Waals surface area contributed by atoms with Crippen molar-refractivity contribution in [2.24, 2.45) is 5.73 Å². The Bertz CT molecular complexity index is 1040. The summed E-state index contributed by atoms with van der Waals surface area (Å²) >= 11 is 0. The average molecular weight is 749 g/mol. The topological polar surface area (TPSA) is 131 Å². The lowest BCUT2D eigenvalue weighted by molar-refractivity contribution is -0.123. The van der Waals surface area contributed by atoms with Crippen LogP contribution in [0.4, 0.5) is 0 Å². The van der Waals surface area contributed by atoms with Gasteiger partial charge in [-0.15, -0.1) is 0 Å². The molecule has 0 bridgehead atoms.